The van der Waals surface area contributed by atoms with E-state index in [1.807, 2.05) is 6.92 Å². The maximum atomic E-state index is 7.31. The van der Waals surface area contributed by atoms with Crippen molar-refractivity contribution in [2.75, 3.05) is 12.5 Å². The Labute approximate surface area is 73.4 Å². The highest BCUT2D eigenvalue weighted by atomic mass is 35.5. The van der Waals surface area contributed by atoms with Crippen molar-refractivity contribution in [2.45, 2.75) is 32.6 Å². The molecule has 1 N–H and O–H groups in total. The largest absolute Gasteiger partial charge is 0.481 e. The molecule has 0 fully saturated rings. The van der Waals surface area contributed by atoms with E-state index in [1.165, 1.54) is 0 Å². The fraction of sp³-hybridized carbons (Fsp3) is 0.875. The van der Waals surface area contributed by atoms with E-state index in [0.717, 1.165) is 25.7 Å². The van der Waals surface area contributed by atoms with E-state index in [1.54, 1.807) is 0 Å². The molecule has 66 valence electrons. The molecule has 0 aliphatic heterocycles. The van der Waals surface area contributed by atoms with Gasteiger partial charge in [0.25, 0.3) is 0 Å². The van der Waals surface area contributed by atoms with E-state index in [0.29, 0.717) is 18.4 Å². The molecule has 2 nitrogen and oxygen atoms in total. The van der Waals surface area contributed by atoms with Crippen molar-refractivity contribution in [1.29, 1.82) is 5.41 Å². The lowest BCUT2D eigenvalue weighted by Crippen LogP contribution is -2.03. The Hall–Kier alpha value is -0.240. The van der Waals surface area contributed by atoms with Crippen LogP contribution < -0.4 is 0 Å². The Morgan fingerprint density at radius 1 is 1.45 bits per heavy atom. The Balaban J connectivity index is 3.09. The number of nitrogens with one attached hydrogen (secondary N) is 1. The highest BCUT2D eigenvalue weighted by molar-refractivity contribution is 6.17. The number of unbranched alkanes of at least 4 members (excludes halogenated alkanes) is 1. The number of alkyl halides is 1. The van der Waals surface area contributed by atoms with Crippen molar-refractivity contribution < 1.29 is 4.74 Å². The molecule has 0 bridgehead atoms. The zero-order chi connectivity index (χ0) is 8.53. The molecule has 0 spiro atoms. The lowest BCUT2D eigenvalue weighted by molar-refractivity contribution is 0.291. The van der Waals surface area contributed by atoms with Gasteiger partial charge in [0.1, 0.15) is 0 Å². The zero-order valence-corrected chi connectivity index (χ0v) is 7.78. The molecule has 0 saturated carbocycles. The molecule has 0 atom stereocenters. The second-order valence-corrected chi connectivity index (χ2v) is 2.80. The topological polar surface area (TPSA) is 33.1 Å². The van der Waals surface area contributed by atoms with Gasteiger partial charge in [-0.2, -0.15) is 0 Å². The first kappa shape index (κ1) is 10.8. The van der Waals surface area contributed by atoms with Crippen LogP contribution in [0.1, 0.15) is 32.6 Å². The highest BCUT2D eigenvalue weighted by Gasteiger charge is 1.95. The summed E-state index contributed by atoms with van der Waals surface area (Å²) in [6, 6.07) is 0. The smallest absolute Gasteiger partial charge is 0.180 e. The second kappa shape index (κ2) is 7.86. The van der Waals surface area contributed by atoms with Gasteiger partial charge in [0, 0.05) is 12.3 Å². The van der Waals surface area contributed by atoms with Crippen molar-refractivity contribution in [2.24, 2.45) is 0 Å². The van der Waals surface area contributed by atoms with Gasteiger partial charge in [-0.05, 0) is 19.3 Å². The molecule has 0 aliphatic carbocycles. The highest BCUT2D eigenvalue weighted by Crippen LogP contribution is 1.99. The van der Waals surface area contributed by atoms with E-state index in [-0.39, 0.29) is 0 Å². The monoisotopic (exact) mass is 177 g/mol. The van der Waals surface area contributed by atoms with Crippen LogP contribution in [0, 0.1) is 5.41 Å². The predicted octanol–water partition coefficient (Wildman–Crippen LogP) is 2.80. The van der Waals surface area contributed by atoms with Crippen molar-refractivity contribution in [3.8, 4) is 0 Å². The molecule has 0 aromatic carbocycles. The first-order valence-electron chi connectivity index (χ1n) is 4.07. The molecule has 0 amide bonds. The first-order valence-corrected chi connectivity index (χ1v) is 4.61. The van der Waals surface area contributed by atoms with Crippen LogP contribution in [-0.4, -0.2) is 18.4 Å². The van der Waals surface area contributed by atoms with Gasteiger partial charge in [-0.15, -0.1) is 11.6 Å². The van der Waals surface area contributed by atoms with Crippen LogP contribution in [0.5, 0.6) is 0 Å². The third-order valence-corrected chi connectivity index (χ3v) is 1.54. The van der Waals surface area contributed by atoms with Gasteiger partial charge in [-0.25, -0.2) is 0 Å². The minimum Gasteiger partial charge on any atom is -0.481 e. The van der Waals surface area contributed by atoms with Crippen LogP contribution in [0.15, 0.2) is 0 Å². The van der Waals surface area contributed by atoms with Gasteiger partial charge in [0.15, 0.2) is 5.90 Å². The average molecular weight is 178 g/mol. The maximum Gasteiger partial charge on any atom is 0.180 e. The lowest BCUT2D eigenvalue weighted by atomic mass is 10.2. The summed E-state index contributed by atoms with van der Waals surface area (Å²) in [7, 11) is 0. The van der Waals surface area contributed by atoms with Gasteiger partial charge >= 0.3 is 0 Å². The van der Waals surface area contributed by atoms with E-state index >= 15 is 0 Å². The Bertz CT molecular complexity index is 106. The zero-order valence-electron chi connectivity index (χ0n) is 7.03. The number of halogens is 1. The normalized spacial score (nSPS) is 9.64. The van der Waals surface area contributed by atoms with E-state index in [4.69, 9.17) is 21.7 Å². The molecule has 0 aromatic rings. The molecule has 0 saturated heterocycles. The van der Waals surface area contributed by atoms with Crippen LogP contribution in [0.3, 0.4) is 0 Å². The Morgan fingerprint density at radius 2 is 2.18 bits per heavy atom. The molecule has 3 heteroatoms. The second-order valence-electron chi connectivity index (χ2n) is 2.42. The molecular weight excluding hydrogens is 162 g/mol. The summed E-state index contributed by atoms with van der Waals surface area (Å²) in [5.74, 6) is 1.08. The van der Waals surface area contributed by atoms with Gasteiger partial charge in [-0.1, -0.05) is 6.92 Å². The lowest BCUT2D eigenvalue weighted by Gasteiger charge is -2.04. The maximum absolute atomic E-state index is 7.31. The quantitative estimate of drug-likeness (QED) is 0.288. The SMILES string of the molecule is CCCOC(=N)CCCCCl. The standard InChI is InChI=1S/C8H16ClNO/c1-2-7-11-8(10)5-3-4-6-9/h10H,2-7H2,1H3. The first-order chi connectivity index (χ1) is 5.31. The summed E-state index contributed by atoms with van der Waals surface area (Å²) >= 11 is 5.48. The molecule has 0 unspecified atom stereocenters. The molecule has 0 rings (SSSR count). The van der Waals surface area contributed by atoms with Crippen LogP contribution in [0.2, 0.25) is 0 Å². The van der Waals surface area contributed by atoms with E-state index in [9.17, 15) is 0 Å². The summed E-state index contributed by atoms with van der Waals surface area (Å²) in [6.07, 6.45) is 3.63. The van der Waals surface area contributed by atoms with Gasteiger partial charge in [0.05, 0.1) is 6.61 Å². The molecule has 0 radical (unpaired) electrons. The molecular formula is C8H16ClNO. The summed E-state index contributed by atoms with van der Waals surface area (Å²) < 4.78 is 5.08. The molecule has 0 heterocycles. The van der Waals surface area contributed by atoms with Crippen LogP contribution in [-0.2, 0) is 4.74 Å². The average Bonchev–Trinajstić information content (AvgIpc) is 2.01. The van der Waals surface area contributed by atoms with Crippen LogP contribution in [0.4, 0.5) is 0 Å². The Morgan fingerprint density at radius 3 is 2.73 bits per heavy atom. The van der Waals surface area contributed by atoms with E-state index < -0.39 is 0 Å². The fourth-order valence-electron chi connectivity index (χ4n) is 0.677. The van der Waals surface area contributed by atoms with E-state index in [2.05, 4.69) is 0 Å². The minimum atomic E-state index is 0.400. The summed E-state index contributed by atoms with van der Waals surface area (Å²) in [6.45, 7) is 2.70. The number of rotatable bonds is 6. The summed E-state index contributed by atoms with van der Waals surface area (Å²) in [4.78, 5) is 0. The molecule has 0 aromatic heterocycles. The Kier molecular flexibility index (Phi) is 7.69. The third-order valence-electron chi connectivity index (χ3n) is 1.27. The molecule has 11 heavy (non-hydrogen) atoms. The number of ether oxygens (including phenoxy) is 1. The van der Waals surface area contributed by atoms with Crippen LogP contribution in [0.25, 0.3) is 0 Å². The number of hydrogen-bond donors (Lipinski definition) is 1. The van der Waals surface area contributed by atoms with Crippen molar-refractivity contribution in [3.63, 3.8) is 0 Å². The predicted molar refractivity (Wildman–Crippen MR) is 48.5 cm³/mol. The fourth-order valence-corrected chi connectivity index (χ4v) is 0.866. The minimum absolute atomic E-state index is 0.400. The van der Waals surface area contributed by atoms with Gasteiger partial charge in [-0.3, -0.25) is 5.41 Å². The van der Waals surface area contributed by atoms with Crippen LogP contribution >= 0.6 is 11.6 Å². The van der Waals surface area contributed by atoms with Gasteiger partial charge < -0.3 is 4.74 Å². The number of hydrogen-bond acceptors (Lipinski definition) is 2. The van der Waals surface area contributed by atoms with Crippen molar-refractivity contribution in [1.82, 2.24) is 0 Å². The van der Waals surface area contributed by atoms with Crippen molar-refractivity contribution >= 4 is 17.5 Å². The third kappa shape index (κ3) is 7.66. The van der Waals surface area contributed by atoms with Gasteiger partial charge in [0.2, 0.25) is 0 Å². The van der Waals surface area contributed by atoms with Crippen molar-refractivity contribution in [3.05, 3.63) is 0 Å². The molecule has 0 aliphatic rings. The summed E-state index contributed by atoms with van der Waals surface area (Å²) in [5.41, 5.74) is 0. The summed E-state index contributed by atoms with van der Waals surface area (Å²) in [5, 5.41) is 7.31.